The van der Waals surface area contributed by atoms with E-state index in [1.807, 2.05) is 35.4 Å². The van der Waals surface area contributed by atoms with Crippen molar-refractivity contribution in [3.05, 3.63) is 77.0 Å². The molecule has 4 N–H and O–H groups in total. The minimum Gasteiger partial charge on any atom is -0.339 e. The SMILES string of the molecule is CC(=O)Nc1ccc2cc1CCc1cncc(c1)Nc1ncc(Cl)c(n1)N2.O=C(c1ccn[nH]1)N1CCCC1. The summed E-state index contributed by atoms with van der Waals surface area (Å²) in [5, 5.41) is 16.1. The lowest BCUT2D eigenvalue weighted by Gasteiger charge is -2.14. The van der Waals surface area contributed by atoms with Crippen molar-refractivity contribution < 1.29 is 9.59 Å². The Morgan fingerprint density at radius 1 is 1.00 bits per heavy atom. The van der Waals surface area contributed by atoms with Crippen LogP contribution in [0.15, 0.2) is 55.1 Å². The highest BCUT2D eigenvalue weighted by atomic mass is 35.5. The molecule has 0 saturated carbocycles. The van der Waals surface area contributed by atoms with Crippen LogP contribution in [0.3, 0.4) is 0 Å². The predicted octanol–water partition coefficient (Wildman–Crippen LogP) is 4.71. The summed E-state index contributed by atoms with van der Waals surface area (Å²) < 4.78 is 0. The fourth-order valence-electron chi connectivity index (χ4n) is 4.41. The quantitative estimate of drug-likeness (QED) is 0.284. The molecule has 11 nitrogen and oxygen atoms in total. The van der Waals surface area contributed by atoms with Crippen molar-refractivity contribution in [3.8, 4) is 0 Å². The van der Waals surface area contributed by atoms with Crippen LogP contribution >= 0.6 is 11.6 Å². The molecule has 0 atom stereocenters. The van der Waals surface area contributed by atoms with Gasteiger partial charge in [0, 0.05) is 43.8 Å². The molecule has 5 heterocycles. The van der Waals surface area contributed by atoms with Crippen molar-refractivity contribution in [2.24, 2.45) is 0 Å². The summed E-state index contributed by atoms with van der Waals surface area (Å²) in [5.74, 6) is 0.891. The molecule has 6 bridgehead atoms. The number of aromatic nitrogens is 5. The summed E-state index contributed by atoms with van der Waals surface area (Å²) in [6, 6.07) is 9.47. The Morgan fingerprint density at radius 2 is 1.85 bits per heavy atom. The summed E-state index contributed by atoms with van der Waals surface area (Å²) in [6.45, 7) is 3.27. The third-order valence-corrected chi connectivity index (χ3v) is 6.56. The van der Waals surface area contributed by atoms with Gasteiger partial charge in [-0.05, 0) is 67.1 Å². The third kappa shape index (κ3) is 6.68. The van der Waals surface area contributed by atoms with E-state index in [0.717, 1.165) is 67.0 Å². The number of pyridine rings is 1. The first-order chi connectivity index (χ1) is 18.9. The summed E-state index contributed by atoms with van der Waals surface area (Å²) in [5.41, 5.74) is 5.10. The van der Waals surface area contributed by atoms with Crippen LogP contribution in [0.25, 0.3) is 0 Å². The second-order valence-electron chi connectivity index (χ2n) is 9.24. The van der Waals surface area contributed by atoms with Gasteiger partial charge in [0.05, 0.1) is 18.1 Å². The van der Waals surface area contributed by atoms with E-state index < -0.39 is 0 Å². The van der Waals surface area contributed by atoms with Crippen LogP contribution in [0, 0.1) is 0 Å². The van der Waals surface area contributed by atoms with Crippen LogP contribution in [0.4, 0.5) is 28.8 Å². The Kier molecular flexibility index (Phi) is 7.97. The zero-order valence-corrected chi connectivity index (χ0v) is 22.1. The average molecular weight is 546 g/mol. The number of hydrogen-bond donors (Lipinski definition) is 4. The Morgan fingerprint density at radius 3 is 2.62 bits per heavy atom. The standard InChI is InChI=1S/C19H17ClN6O.C8H11N3O/c1-11(27)23-17-5-4-14-7-13(17)3-2-12-6-15(9-21-8-12)25-19-22-10-16(20)18(24-14)26-19;12-8(7-3-4-9-10-7)11-5-1-2-6-11/h4-10H,2-3H2,1H3,(H,23,27)(H2,22,24,25,26);3-4H,1-2,5-6H2,(H,9,10). The number of carbonyl (C=O) groups excluding carboxylic acids is 2. The van der Waals surface area contributed by atoms with Crippen molar-refractivity contribution >= 4 is 52.2 Å². The molecule has 6 rings (SSSR count). The summed E-state index contributed by atoms with van der Waals surface area (Å²) in [4.78, 5) is 37.9. The van der Waals surface area contributed by atoms with E-state index in [2.05, 4.69) is 41.1 Å². The number of anilines is 5. The fourth-order valence-corrected chi connectivity index (χ4v) is 4.55. The molecule has 4 aromatic rings. The largest absolute Gasteiger partial charge is 0.339 e. The van der Waals surface area contributed by atoms with Gasteiger partial charge >= 0.3 is 0 Å². The number of hydrogen-bond acceptors (Lipinski definition) is 8. The number of benzene rings is 1. The molecule has 39 heavy (non-hydrogen) atoms. The first kappa shape index (κ1) is 26.1. The molecule has 200 valence electrons. The number of nitrogens with zero attached hydrogens (tertiary/aromatic N) is 5. The Hall–Kier alpha value is -4.51. The molecule has 0 radical (unpaired) electrons. The normalized spacial score (nSPS) is 13.8. The summed E-state index contributed by atoms with van der Waals surface area (Å²) in [6.07, 6.45) is 10.5. The van der Waals surface area contributed by atoms with Crippen LogP contribution in [-0.4, -0.2) is 55.0 Å². The number of fused-ring (bicyclic) bond motifs is 6. The smallest absolute Gasteiger partial charge is 0.271 e. The Labute approximate surface area is 230 Å². The number of nitrogens with one attached hydrogen (secondary N) is 4. The second-order valence-corrected chi connectivity index (χ2v) is 9.65. The van der Waals surface area contributed by atoms with E-state index in [0.29, 0.717) is 22.5 Å². The number of H-pyrrole nitrogens is 1. The molecule has 3 aromatic heterocycles. The number of amides is 2. The Bertz CT molecular complexity index is 1470. The van der Waals surface area contributed by atoms with Crippen LogP contribution in [0.5, 0.6) is 0 Å². The van der Waals surface area contributed by atoms with E-state index in [1.165, 1.54) is 6.92 Å². The average Bonchev–Trinajstić information content (AvgIpc) is 3.65. The molecule has 2 aliphatic rings. The van der Waals surface area contributed by atoms with E-state index in [1.54, 1.807) is 24.7 Å². The number of likely N-dealkylation sites (tertiary alicyclic amines) is 1. The molecule has 0 unspecified atom stereocenters. The van der Waals surface area contributed by atoms with Gasteiger partial charge in [-0.3, -0.25) is 19.7 Å². The number of carbonyl (C=O) groups is 2. The van der Waals surface area contributed by atoms with Crippen molar-refractivity contribution in [1.82, 2.24) is 30.0 Å². The van der Waals surface area contributed by atoms with Crippen LogP contribution in [-0.2, 0) is 17.6 Å². The molecule has 1 fully saturated rings. The van der Waals surface area contributed by atoms with Crippen LogP contribution in [0.2, 0.25) is 5.02 Å². The molecular formula is C27H28ClN9O2. The van der Waals surface area contributed by atoms with Crippen molar-refractivity contribution in [1.29, 1.82) is 0 Å². The number of halogens is 1. The lowest BCUT2D eigenvalue weighted by atomic mass is 10.0. The highest BCUT2D eigenvalue weighted by Crippen LogP contribution is 2.29. The van der Waals surface area contributed by atoms with E-state index >= 15 is 0 Å². The number of aryl methyl sites for hydroxylation is 2. The minimum atomic E-state index is -0.105. The molecule has 12 heteroatoms. The lowest BCUT2D eigenvalue weighted by molar-refractivity contribution is -0.114. The second kappa shape index (κ2) is 11.9. The fraction of sp³-hybridized carbons (Fsp3) is 0.259. The molecule has 0 spiro atoms. The van der Waals surface area contributed by atoms with Gasteiger partial charge in [0.25, 0.3) is 5.91 Å². The van der Waals surface area contributed by atoms with Gasteiger partial charge < -0.3 is 20.9 Å². The van der Waals surface area contributed by atoms with Gasteiger partial charge in [-0.2, -0.15) is 10.1 Å². The van der Waals surface area contributed by atoms with Crippen LogP contribution < -0.4 is 16.0 Å². The molecule has 1 aromatic carbocycles. The van der Waals surface area contributed by atoms with Gasteiger partial charge in [0.1, 0.15) is 10.7 Å². The van der Waals surface area contributed by atoms with Gasteiger partial charge in [0.2, 0.25) is 11.9 Å². The summed E-state index contributed by atoms with van der Waals surface area (Å²) >= 11 is 6.25. The summed E-state index contributed by atoms with van der Waals surface area (Å²) in [7, 11) is 0. The van der Waals surface area contributed by atoms with Gasteiger partial charge in [-0.1, -0.05) is 11.6 Å². The van der Waals surface area contributed by atoms with Crippen molar-refractivity contribution in [2.45, 2.75) is 32.6 Å². The number of aromatic amines is 1. The highest BCUT2D eigenvalue weighted by molar-refractivity contribution is 6.32. The van der Waals surface area contributed by atoms with Crippen molar-refractivity contribution in [2.75, 3.05) is 29.0 Å². The molecule has 2 aliphatic heterocycles. The monoisotopic (exact) mass is 545 g/mol. The van der Waals surface area contributed by atoms with Crippen molar-refractivity contribution in [3.63, 3.8) is 0 Å². The maximum Gasteiger partial charge on any atom is 0.271 e. The first-order valence-electron chi connectivity index (χ1n) is 12.6. The predicted molar refractivity (Wildman–Crippen MR) is 150 cm³/mol. The lowest BCUT2D eigenvalue weighted by Crippen LogP contribution is -2.27. The molecule has 2 amide bonds. The van der Waals surface area contributed by atoms with E-state index in [4.69, 9.17) is 11.6 Å². The molecule has 1 saturated heterocycles. The maximum absolute atomic E-state index is 11.6. The Balaban J connectivity index is 0.000000214. The molecular weight excluding hydrogens is 518 g/mol. The maximum atomic E-state index is 11.6. The third-order valence-electron chi connectivity index (χ3n) is 6.28. The zero-order chi connectivity index (χ0) is 27.2. The highest BCUT2D eigenvalue weighted by Gasteiger charge is 2.19. The zero-order valence-electron chi connectivity index (χ0n) is 21.4. The topological polar surface area (TPSA) is 141 Å². The van der Waals surface area contributed by atoms with Gasteiger partial charge in [0.15, 0.2) is 5.82 Å². The van der Waals surface area contributed by atoms with Crippen LogP contribution in [0.1, 0.15) is 41.4 Å². The first-order valence-corrected chi connectivity index (χ1v) is 13.0. The van der Waals surface area contributed by atoms with E-state index in [-0.39, 0.29) is 11.8 Å². The van der Waals surface area contributed by atoms with Gasteiger partial charge in [-0.15, -0.1) is 0 Å². The number of rotatable bonds is 2. The minimum absolute atomic E-state index is 0.0741. The van der Waals surface area contributed by atoms with E-state index in [9.17, 15) is 9.59 Å². The molecule has 0 aliphatic carbocycles. The van der Waals surface area contributed by atoms with Gasteiger partial charge in [-0.25, -0.2) is 4.98 Å².